The standard InChI is InChI=1S/C15H14FNO3/c16-10-3-5-11(6-4-10)17-14(18)12-8-1-2-9(7-8)13(12)15(19)20/h1-6,8-9,12-13H,7H2,(H,17,18)(H,19,20)/t8?,9?,12-,13+/m0/s1. The maximum atomic E-state index is 12.8. The molecule has 4 atom stereocenters. The van der Waals surface area contributed by atoms with E-state index in [0.29, 0.717) is 5.69 Å². The number of amides is 1. The molecule has 2 aliphatic carbocycles. The van der Waals surface area contributed by atoms with Crippen molar-refractivity contribution < 1.29 is 19.1 Å². The lowest BCUT2D eigenvalue weighted by Gasteiger charge is -2.23. The summed E-state index contributed by atoms with van der Waals surface area (Å²) in [5, 5.41) is 12.0. The van der Waals surface area contributed by atoms with Crippen LogP contribution < -0.4 is 5.32 Å². The SMILES string of the molecule is O=C(O)[C@@H]1C2C=CC(C2)[C@@H]1C(=O)Nc1ccc(F)cc1. The first-order valence-electron chi connectivity index (χ1n) is 6.54. The van der Waals surface area contributed by atoms with Crippen LogP contribution in [-0.4, -0.2) is 17.0 Å². The van der Waals surface area contributed by atoms with Crippen LogP contribution in [0.2, 0.25) is 0 Å². The van der Waals surface area contributed by atoms with Gasteiger partial charge in [-0.15, -0.1) is 0 Å². The average molecular weight is 275 g/mol. The van der Waals surface area contributed by atoms with Crippen molar-refractivity contribution in [2.45, 2.75) is 6.42 Å². The summed E-state index contributed by atoms with van der Waals surface area (Å²) in [5.74, 6) is -2.89. The molecule has 2 N–H and O–H groups in total. The van der Waals surface area contributed by atoms with Crippen LogP contribution in [-0.2, 0) is 9.59 Å². The Morgan fingerprint density at radius 2 is 1.70 bits per heavy atom. The molecule has 2 bridgehead atoms. The van der Waals surface area contributed by atoms with Gasteiger partial charge in [-0.2, -0.15) is 0 Å². The van der Waals surface area contributed by atoms with E-state index in [1.54, 1.807) is 0 Å². The molecule has 1 saturated carbocycles. The lowest BCUT2D eigenvalue weighted by atomic mass is 9.82. The second kappa shape index (κ2) is 4.74. The quantitative estimate of drug-likeness (QED) is 0.832. The summed E-state index contributed by atoms with van der Waals surface area (Å²) in [6, 6.07) is 5.44. The van der Waals surface area contributed by atoms with E-state index in [0.717, 1.165) is 6.42 Å². The molecule has 0 saturated heterocycles. The Morgan fingerprint density at radius 3 is 2.30 bits per heavy atom. The number of fused-ring (bicyclic) bond motifs is 2. The first kappa shape index (κ1) is 12.8. The Labute approximate surface area is 115 Å². The van der Waals surface area contributed by atoms with Crippen molar-refractivity contribution in [3.05, 3.63) is 42.2 Å². The number of anilines is 1. The molecule has 3 rings (SSSR count). The van der Waals surface area contributed by atoms with E-state index in [2.05, 4.69) is 5.32 Å². The van der Waals surface area contributed by atoms with Gasteiger partial charge in [0.25, 0.3) is 0 Å². The number of nitrogens with one attached hydrogen (secondary N) is 1. The highest BCUT2D eigenvalue weighted by Gasteiger charge is 2.51. The minimum Gasteiger partial charge on any atom is -0.481 e. The fourth-order valence-electron chi connectivity index (χ4n) is 3.28. The number of carboxylic acids is 1. The van der Waals surface area contributed by atoms with Gasteiger partial charge in [-0.1, -0.05) is 12.2 Å². The van der Waals surface area contributed by atoms with Crippen LogP contribution in [0.1, 0.15) is 6.42 Å². The van der Waals surface area contributed by atoms with Gasteiger partial charge in [0.2, 0.25) is 5.91 Å². The monoisotopic (exact) mass is 275 g/mol. The highest BCUT2D eigenvalue weighted by molar-refractivity contribution is 5.96. The van der Waals surface area contributed by atoms with Crippen molar-refractivity contribution in [3.63, 3.8) is 0 Å². The zero-order valence-electron chi connectivity index (χ0n) is 10.6. The van der Waals surface area contributed by atoms with Gasteiger partial charge in [-0.25, -0.2) is 4.39 Å². The molecule has 1 amide bonds. The molecule has 20 heavy (non-hydrogen) atoms. The minimum absolute atomic E-state index is 0.0125. The number of carboxylic acid groups (broad SMARTS) is 1. The average Bonchev–Trinajstić information content (AvgIpc) is 3.01. The van der Waals surface area contributed by atoms with E-state index in [9.17, 15) is 19.1 Å². The molecule has 0 aromatic heterocycles. The third-order valence-electron chi connectivity index (χ3n) is 4.16. The van der Waals surface area contributed by atoms with Gasteiger partial charge >= 0.3 is 5.97 Å². The van der Waals surface area contributed by atoms with Gasteiger partial charge < -0.3 is 10.4 Å². The van der Waals surface area contributed by atoms with Crippen LogP contribution in [0.5, 0.6) is 0 Å². The lowest BCUT2D eigenvalue weighted by molar-refractivity contribution is -0.146. The van der Waals surface area contributed by atoms with Gasteiger partial charge in [0.15, 0.2) is 0 Å². The van der Waals surface area contributed by atoms with Crippen molar-refractivity contribution in [1.82, 2.24) is 0 Å². The lowest BCUT2D eigenvalue weighted by Crippen LogP contribution is -2.36. The summed E-state index contributed by atoms with van der Waals surface area (Å²) in [6.07, 6.45) is 4.54. The Hall–Kier alpha value is -2.17. The summed E-state index contributed by atoms with van der Waals surface area (Å²) in [7, 11) is 0. The van der Waals surface area contributed by atoms with Crippen molar-refractivity contribution in [2.75, 3.05) is 5.32 Å². The van der Waals surface area contributed by atoms with Crippen LogP contribution >= 0.6 is 0 Å². The van der Waals surface area contributed by atoms with E-state index >= 15 is 0 Å². The Balaban J connectivity index is 1.78. The van der Waals surface area contributed by atoms with E-state index in [1.165, 1.54) is 24.3 Å². The number of aliphatic carboxylic acids is 1. The molecule has 4 nitrogen and oxygen atoms in total. The Kier molecular flexibility index (Phi) is 3.04. The maximum absolute atomic E-state index is 12.8. The van der Waals surface area contributed by atoms with Crippen LogP contribution in [0.3, 0.4) is 0 Å². The van der Waals surface area contributed by atoms with Gasteiger partial charge in [-0.3, -0.25) is 9.59 Å². The maximum Gasteiger partial charge on any atom is 0.307 e. The number of rotatable bonds is 3. The van der Waals surface area contributed by atoms with Crippen molar-refractivity contribution in [2.24, 2.45) is 23.7 Å². The molecule has 2 aliphatic rings. The topological polar surface area (TPSA) is 66.4 Å². The number of halogens is 1. The third kappa shape index (κ3) is 2.09. The molecule has 1 fully saturated rings. The summed E-state index contributed by atoms with van der Waals surface area (Å²) in [6.45, 7) is 0. The molecule has 5 heteroatoms. The number of allylic oxidation sites excluding steroid dienone is 2. The molecule has 104 valence electrons. The van der Waals surface area contributed by atoms with E-state index in [1.807, 2.05) is 12.2 Å². The molecule has 0 spiro atoms. The molecule has 0 radical (unpaired) electrons. The van der Waals surface area contributed by atoms with E-state index < -0.39 is 17.8 Å². The van der Waals surface area contributed by atoms with Gasteiger partial charge in [0, 0.05) is 5.69 Å². The molecule has 2 unspecified atom stereocenters. The first-order valence-corrected chi connectivity index (χ1v) is 6.54. The van der Waals surface area contributed by atoms with Crippen LogP contribution in [0, 0.1) is 29.5 Å². The molecule has 1 aromatic rings. The van der Waals surface area contributed by atoms with Crippen LogP contribution in [0.4, 0.5) is 10.1 Å². The second-order valence-corrected chi connectivity index (χ2v) is 5.33. The van der Waals surface area contributed by atoms with E-state index in [-0.39, 0.29) is 23.6 Å². The highest BCUT2D eigenvalue weighted by atomic mass is 19.1. The Bertz CT molecular complexity index is 581. The fourth-order valence-corrected chi connectivity index (χ4v) is 3.28. The smallest absolute Gasteiger partial charge is 0.307 e. The molecular formula is C15H14FNO3. The predicted octanol–water partition coefficient (Wildman–Crippen LogP) is 2.29. The van der Waals surface area contributed by atoms with Crippen LogP contribution in [0.25, 0.3) is 0 Å². The summed E-state index contributed by atoms with van der Waals surface area (Å²) in [5.41, 5.74) is 0.479. The zero-order valence-corrected chi connectivity index (χ0v) is 10.6. The second-order valence-electron chi connectivity index (χ2n) is 5.33. The van der Waals surface area contributed by atoms with E-state index in [4.69, 9.17) is 0 Å². The van der Waals surface area contributed by atoms with Gasteiger partial charge in [-0.05, 0) is 42.5 Å². The first-order chi connectivity index (χ1) is 9.56. The largest absolute Gasteiger partial charge is 0.481 e. The van der Waals surface area contributed by atoms with Crippen molar-refractivity contribution in [1.29, 1.82) is 0 Å². The number of benzene rings is 1. The minimum atomic E-state index is -0.930. The number of hydrogen-bond donors (Lipinski definition) is 2. The predicted molar refractivity (Wildman–Crippen MR) is 70.4 cm³/mol. The molecule has 0 aliphatic heterocycles. The third-order valence-corrected chi connectivity index (χ3v) is 4.16. The molecular weight excluding hydrogens is 261 g/mol. The number of hydrogen-bond acceptors (Lipinski definition) is 2. The van der Waals surface area contributed by atoms with Crippen molar-refractivity contribution in [3.8, 4) is 0 Å². The zero-order chi connectivity index (χ0) is 14.3. The summed E-state index contributed by atoms with van der Waals surface area (Å²) < 4.78 is 12.8. The molecule has 1 aromatic carbocycles. The fraction of sp³-hybridized carbons (Fsp3) is 0.333. The van der Waals surface area contributed by atoms with Gasteiger partial charge in [0.05, 0.1) is 11.8 Å². The normalized spacial score (nSPS) is 30.4. The van der Waals surface area contributed by atoms with Gasteiger partial charge in [0.1, 0.15) is 5.82 Å². The van der Waals surface area contributed by atoms with Crippen molar-refractivity contribution >= 4 is 17.6 Å². The van der Waals surface area contributed by atoms with Crippen LogP contribution in [0.15, 0.2) is 36.4 Å². The summed E-state index contributed by atoms with van der Waals surface area (Å²) >= 11 is 0. The Morgan fingerprint density at radius 1 is 1.10 bits per heavy atom. The summed E-state index contributed by atoms with van der Waals surface area (Å²) in [4.78, 5) is 23.6. The molecule has 0 heterocycles. The number of carbonyl (C=O) groups is 2. The number of carbonyl (C=O) groups excluding carboxylic acids is 1. The highest BCUT2D eigenvalue weighted by Crippen LogP contribution is 2.48.